The van der Waals surface area contributed by atoms with Crippen LogP contribution in [0.2, 0.25) is 0 Å². The average molecular weight is 308 g/mol. The summed E-state index contributed by atoms with van der Waals surface area (Å²) in [4.78, 5) is 25.9. The van der Waals surface area contributed by atoms with Gasteiger partial charge in [0.25, 0.3) is 0 Å². The first-order valence-corrected chi connectivity index (χ1v) is 6.84. The van der Waals surface area contributed by atoms with Gasteiger partial charge in [0.2, 0.25) is 0 Å². The number of nitrogens with zero attached hydrogens (tertiary/aromatic N) is 4. The summed E-state index contributed by atoms with van der Waals surface area (Å²) in [6, 6.07) is 2.97. The van der Waals surface area contributed by atoms with Crippen molar-refractivity contribution in [3.8, 4) is 0 Å². The Morgan fingerprint density at radius 1 is 1.57 bits per heavy atom. The normalized spacial score (nSPS) is 10.6. The van der Waals surface area contributed by atoms with E-state index >= 15 is 0 Å². The molecule has 0 bridgehead atoms. The number of rotatable bonds is 5. The molecule has 0 aromatic carbocycles. The second-order valence-electron chi connectivity index (χ2n) is 4.10. The highest BCUT2D eigenvalue weighted by molar-refractivity contribution is 7.99. The predicted octanol–water partition coefficient (Wildman–Crippen LogP) is 2.36. The van der Waals surface area contributed by atoms with Gasteiger partial charge in [-0.1, -0.05) is 11.8 Å². The second kappa shape index (κ2) is 5.92. The molecule has 0 aliphatic rings. The van der Waals surface area contributed by atoms with E-state index < -0.39 is 10.9 Å². The molecule has 0 amide bonds. The smallest absolute Gasteiger partial charge is 0.354 e. The Balaban J connectivity index is 2.46. The van der Waals surface area contributed by atoms with Crippen molar-refractivity contribution in [2.45, 2.75) is 30.3 Å². The molecule has 0 saturated heterocycles. The minimum Gasteiger partial charge on any atom is -0.477 e. The van der Waals surface area contributed by atoms with Crippen LogP contribution >= 0.6 is 11.8 Å². The zero-order chi connectivity index (χ0) is 15.6. The van der Waals surface area contributed by atoms with Gasteiger partial charge in [-0.15, -0.1) is 0 Å². The molecule has 0 aliphatic heterocycles. The molecule has 0 radical (unpaired) electrons. The van der Waals surface area contributed by atoms with Crippen LogP contribution in [0.3, 0.4) is 0 Å². The first-order chi connectivity index (χ1) is 9.93. The maximum Gasteiger partial charge on any atom is 0.354 e. The zero-order valence-electron chi connectivity index (χ0n) is 11.3. The third-order valence-electron chi connectivity index (χ3n) is 2.70. The van der Waals surface area contributed by atoms with Crippen molar-refractivity contribution < 1.29 is 14.8 Å². The van der Waals surface area contributed by atoms with Crippen molar-refractivity contribution in [2.75, 3.05) is 0 Å². The van der Waals surface area contributed by atoms with Crippen molar-refractivity contribution in [3.05, 3.63) is 39.8 Å². The first kappa shape index (κ1) is 15.0. The van der Waals surface area contributed by atoms with E-state index in [2.05, 4.69) is 10.1 Å². The lowest BCUT2D eigenvalue weighted by molar-refractivity contribution is -0.388. The molecule has 0 aliphatic carbocycles. The number of carboxylic acids is 1. The van der Waals surface area contributed by atoms with E-state index in [1.807, 2.05) is 6.92 Å². The van der Waals surface area contributed by atoms with Crippen molar-refractivity contribution in [2.24, 2.45) is 0 Å². The molecule has 1 N–H and O–H groups in total. The molecule has 0 saturated carbocycles. The number of nitro groups is 1. The fraction of sp³-hybridized carbons (Fsp3) is 0.250. The van der Waals surface area contributed by atoms with Crippen LogP contribution in [0.15, 0.2) is 28.3 Å². The molecule has 2 aromatic rings. The van der Waals surface area contributed by atoms with Gasteiger partial charge in [-0.25, -0.2) is 9.78 Å². The van der Waals surface area contributed by atoms with Crippen molar-refractivity contribution in [1.82, 2.24) is 14.8 Å². The molecule has 2 rings (SSSR count). The number of hydrogen-bond acceptors (Lipinski definition) is 6. The molecule has 0 spiro atoms. The van der Waals surface area contributed by atoms with Crippen molar-refractivity contribution in [1.29, 1.82) is 0 Å². The third-order valence-corrected chi connectivity index (χ3v) is 3.78. The molecular weight excluding hydrogens is 296 g/mol. The number of pyridine rings is 1. The fourth-order valence-electron chi connectivity index (χ4n) is 1.78. The number of carbonyl (C=O) groups is 1. The molecule has 0 atom stereocenters. The van der Waals surface area contributed by atoms with Crippen LogP contribution in [0.5, 0.6) is 0 Å². The Morgan fingerprint density at radius 2 is 2.29 bits per heavy atom. The highest BCUT2D eigenvalue weighted by Crippen LogP contribution is 2.36. The van der Waals surface area contributed by atoms with E-state index in [4.69, 9.17) is 5.11 Å². The Hall–Kier alpha value is -2.42. The molecule has 110 valence electrons. The molecule has 21 heavy (non-hydrogen) atoms. The van der Waals surface area contributed by atoms with E-state index in [0.29, 0.717) is 22.2 Å². The first-order valence-electron chi connectivity index (χ1n) is 6.03. The van der Waals surface area contributed by atoms with Gasteiger partial charge in [-0.05, 0) is 26.0 Å². The maximum atomic E-state index is 11.2. The quantitative estimate of drug-likeness (QED) is 0.666. The summed E-state index contributed by atoms with van der Waals surface area (Å²) in [6.45, 7) is 3.88. The SMILES string of the molecule is CCn1nc(C)c([N+](=O)[O-])c1Sc1ccnc(C(=O)O)c1. The topological polar surface area (TPSA) is 111 Å². The molecule has 0 unspecified atom stereocenters. The number of carboxylic acid groups (broad SMARTS) is 1. The highest BCUT2D eigenvalue weighted by Gasteiger charge is 2.25. The van der Waals surface area contributed by atoms with Crippen LogP contribution < -0.4 is 0 Å². The van der Waals surface area contributed by atoms with E-state index in [1.54, 1.807) is 13.0 Å². The Bertz CT molecular complexity index is 713. The molecule has 0 fully saturated rings. The summed E-state index contributed by atoms with van der Waals surface area (Å²) in [5, 5.41) is 24.6. The Kier molecular flexibility index (Phi) is 4.22. The molecular formula is C12H12N4O4S. The van der Waals surface area contributed by atoms with Gasteiger partial charge in [0.15, 0.2) is 5.03 Å². The fourth-order valence-corrected chi connectivity index (χ4v) is 2.90. The summed E-state index contributed by atoms with van der Waals surface area (Å²) in [7, 11) is 0. The molecule has 9 heteroatoms. The zero-order valence-corrected chi connectivity index (χ0v) is 12.1. The van der Waals surface area contributed by atoms with Crippen molar-refractivity contribution >= 4 is 23.4 Å². The maximum absolute atomic E-state index is 11.2. The lowest BCUT2D eigenvalue weighted by atomic mass is 10.3. The van der Waals surface area contributed by atoms with Gasteiger partial charge < -0.3 is 5.11 Å². The minimum atomic E-state index is -1.15. The molecule has 2 heterocycles. The van der Waals surface area contributed by atoms with Crippen LogP contribution in [0, 0.1) is 17.0 Å². The Labute approximate surface area is 124 Å². The lowest BCUT2D eigenvalue weighted by Crippen LogP contribution is -2.01. The van der Waals surface area contributed by atoms with Crippen LogP contribution in [0.4, 0.5) is 5.69 Å². The monoisotopic (exact) mass is 308 g/mol. The molecule has 2 aromatic heterocycles. The van der Waals surface area contributed by atoms with Gasteiger partial charge in [-0.3, -0.25) is 14.8 Å². The summed E-state index contributed by atoms with van der Waals surface area (Å²) >= 11 is 1.10. The largest absolute Gasteiger partial charge is 0.477 e. The van der Waals surface area contributed by atoms with Gasteiger partial charge in [-0.2, -0.15) is 5.10 Å². The van der Waals surface area contributed by atoms with Crippen LogP contribution in [0.1, 0.15) is 23.1 Å². The van der Waals surface area contributed by atoms with E-state index in [-0.39, 0.29) is 11.4 Å². The van der Waals surface area contributed by atoms with Gasteiger partial charge >= 0.3 is 11.7 Å². The number of aromatic nitrogens is 3. The lowest BCUT2D eigenvalue weighted by Gasteiger charge is -2.04. The van der Waals surface area contributed by atoms with Crippen LogP contribution in [-0.4, -0.2) is 30.8 Å². The second-order valence-corrected chi connectivity index (χ2v) is 5.16. The summed E-state index contributed by atoms with van der Waals surface area (Å²) in [5.41, 5.74) is 0.161. The van der Waals surface area contributed by atoms with E-state index in [1.165, 1.54) is 16.9 Å². The van der Waals surface area contributed by atoms with Crippen molar-refractivity contribution in [3.63, 3.8) is 0 Å². The van der Waals surface area contributed by atoms with Gasteiger partial charge in [0.1, 0.15) is 11.4 Å². The highest BCUT2D eigenvalue weighted by atomic mass is 32.2. The average Bonchev–Trinajstić information content (AvgIpc) is 2.75. The number of aromatic carboxylic acids is 1. The number of aryl methyl sites for hydroxylation is 2. The summed E-state index contributed by atoms with van der Waals surface area (Å²) < 4.78 is 1.53. The van der Waals surface area contributed by atoms with Crippen LogP contribution in [0.25, 0.3) is 0 Å². The predicted molar refractivity (Wildman–Crippen MR) is 74.6 cm³/mol. The minimum absolute atomic E-state index is 0.0597. The van der Waals surface area contributed by atoms with E-state index in [9.17, 15) is 14.9 Å². The van der Waals surface area contributed by atoms with Crippen LogP contribution in [-0.2, 0) is 6.54 Å². The molecule has 8 nitrogen and oxygen atoms in total. The summed E-state index contributed by atoms with van der Waals surface area (Å²) in [5.74, 6) is -1.15. The standard InChI is InChI=1S/C12H12N4O4S/c1-3-15-11(10(16(19)20)7(2)14-15)21-8-4-5-13-9(6-8)12(17)18/h4-6H,3H2,1-2H3,(H,17,18). The van der Waals surface area contributed by atoms with Gasteiger partial charge in [0, 0.05) is 17.6 Å². The third kappa shape index (κ3) is 3.02. The van der Waals surface area contributed by atoms with E-state index in [0.717, 1.165) is 11.8 Å². The number of hydrogen-bond donors (Lipinski definition) is 1. The summed E-state index contributed by atoms with van der Waals surface area (Å²) in [6.07, 6.45) is 1.36. The van der Waals surface area contributed by atoms with Gasteiger partial charge in [0.05, 0.1) is 4.92 Å². The Morgan fingerprint density at radius 3 is 2.86 bits per heavy atom.